The lowest BCUT2D eigenvalue weighted by molar-refractivity contribution is -0.385. The number of carbonyl (C=O) groups is 1. The largest absolute Gasteiger partial charge is 0.294 e. The van der Waals surface area contributed by atoms with Crippen LogP contribution in [0.15, 0.2) is 42.5 Å². The lowest BCUT2D eigenvalue weighted by atomic mass is 10.0. The molecular formula is C14H9Cl2NO3. The van der Waals surface area contributed by atoms with Gasteiger partial charge in [0.05, 0.1) is 10.5 Å². The van der Waals surface area contributed by atoms with Gasteiger partial charge in [0, 0.05) is 22.5 Å². The van der Waals surface area contributed by atoms with Gasteiger partial charge in [0.15, 0.2) is 5.78 Å². The molecule has 0 aliphatic rings. The van der Waals surface area contributed by atoms with Crippen LogP contribution in [0, 0.1) is 10.1 Å². The van der Waals surface area contributed by atoms with Crippen molar-refractivity contribution >= 4 is 34.7 Å². The Labute approximate surface area is 125 Å². The summed E-state index contributed by atoms with van der Waals surface area (Å²) in [5.74, 6) is -0.374. The maximum Gasteiger partial charge on any atom is 0.281 e. The van der Waals surface area contributed by atoms with E-state index in [1.807, 2.05) is 0 Å². The van der Waals surface area contributed by atoms with Crippen LogP contribution in [0.5, 0.6) is 0 Å². The van der Waals surface area contributed by atoms with Gasteiger partial charge in [0.2, 0.25) is 0 Å². The Hall–Kier alpha value is -1.91. The second-order valence-corrected chi connectivity index (χ2v) is 4.95. The molecule has 0 saturated carbocycles. The van der Waals surface area contributed by atoms with E-state index in [-0.39, 0.29) is 28.5 Å². The molecule has 6 heteroatoms. The molecule has 102 valence electrons. The normalized spacial score (nSPS) is 10.3. The van der Waals surface area contributed by atoms with E-state index in [2.05, 4.69) is 0 Å². The molecule has 0 aliphatic carbocycles. The predicted octanol–water partition coefficient (Wildman–Crippen LogP) is 4.33. The summed E-state index contributed by atoms with van der Waals surface area (Å²) in [6.07, 6.45) is 0.00213. The maximum atomic E-state index is 12.2. The minimum Gasteiger partial charge on any atom is -0.294 e. The molecule has 4 nitrogen and oxygen atoms in total. The van der Waals surface area contributed by atoms with Crippen LogP contribution in [-0.2, 0) is 6.42 Å². The Bertz CT molecular complexity index is 686. The van der Waals surface area contributed by atoms with E-state index in [0.29, 0.717) is 10.6 Å². The first kappa shape index (κ1) is 14.5. The number of ketones is 1. The average molecular weight is 310 g/mol. The molecule has 0 atom stereocenters. The second kappa shape index (κ2) is 6.03. The third-order valence-electron chi connectivity index (χ3n) is 2.77. The molecule has 0 bridgehead atoms. The molecule has 0 unspecified atom stereocenters. The standard InChI is InChI=1S/C14H9Cl2NO3/c15-10-5-6-11(13(8-10)17(19)20)14(18)7-9-3-1-2-4-12(9)16/h1-6,8H,7H2. The summed E-state index contributed by atoms with van der Waals surface area (Å²) in [4.78, 5) is 22.5. The molecule has 0 heterocycles. The molecule has 0 aromatic heterocycles. The zero-order valence-electron chi connectivity index (χ0n) is 10.2. The Morgan fingerprint density at radius 2 is 1.85 bits per heavy atom. The van der Waals surface area contributed by atoms with Gasteiger partial charge in [-0.15, -0.1) is 0 Å². The maximum absolute atomic E-state index is 12.2. The van der Waals surface area contributed by atoms with Crippen LogP contribution in [0.3, 0.4) is 0 Å². The summed E-state index contributed by atoms with van der Waals surface area (Å²) in [5.41, 5.74) is 0.359. The van der Waals surface area contributed by atoms with Crippen molar-refractivity contribution in [2.75, 3.05) is 0 Å². The van der Waals surface area contributed by atoms with Crippen molar-refractivity contribution in [2.24, 2.45) is 0 Å². The van der Waals surface area contributed by atoms with Crippen LogP contribution in [0.4, 0.5) is 5.69 Å². The molecule has 0 saturated heterocycles. The van der Waals surface area contributed by atoms with Gasteiger partial charge in [-0.3, -0.25) is 14.9 Å². The van der Waals surface area contributed by atoms with Crippen LogP contribution in [0.1, 0.15) is 15.9 Å². The van der Waals surface area contributed by atoms with E-state index in [1.165, 1.54) is 18.2 Å². The fraction of sp³-hybridized carbons (Fsp3) is 0.0714. The van der Waals surface area contributed by atoms with Gasteiger partial charge in [-0.1, -0.05) is 41.4 Å². The number of hydrogen-bond acceptors (Lipinski definition) is 3. The number of rotatable bonds is 4. The van der Waals surface area contributed by atoms with E-state index in [0.717, 1.165) is 0 Å². The van der Waals surface area contributed by atoms with Crippen molar-refractivity contribution in [2.45, 2.75) is 6.42 Å². The summed E-state index contributed by atoms with van der Waals surface area (Å²) in [6, 6.07) is 10.9. The zero-order chi connectivity index (χ0) is 14.7. The number of nitrogens with zero attached hydrogens (tertiary/aromatic N) is 1. The number of Topliss-reactive ketones (excluding diaryl/α,β-unsaturated/α-hetero) is 1. The van der Waals surface area contributed by atoms with Crippen LogP contribution in [0.25, 0.3) is 0 Å². The molecule has 2 rings (SSSR count). The van der Waals surface area contributed by atoms with Crippen LogP contribution < -0.4 is 0 Å². The quantitative estimate of drug-likeness (QED) is 0.480. The van der Waals surface area contributed by atoms with Gasteiger partial charge < -0.3 is 0 Å². The molecule has 0 spiro atoms. The third-order valence-corrected chi connectivity index (χ3v) is 3.37. The van der Waals surface area contributed by atoms with Crippen molar-refractivity contribution in [3.63, 3.8) is 0 Å². The first-order valence-electron chi connectivity index (χ1n) is 5.69. The first-order chi connectivity index (χ1) is 9.49. The Kier molecular flexibility index (Phi) is 4.37. The van der Waals surface area contributed by atoms with Gasteiger partial charge in [-0.25, -0.2) is 0 Å². The van der Waals surface area contributed by atoms with Crippen LogP contribution >= 0.6 is 23.2 Å². The van der Waals surface area contributed by atoms with Crippen molar-refractivity contribution < 1.29 is 9.72 Å². The van der Waals surface area contributed by atoms with Gasteiger partial charge >= 0.3 is 0 Å². The molecule has 0 N–H and O–H groups in total. The molecule has 20 heavy (non-hydrogen) atoms. The van der Waals surface area contributed by atoms with E-state index in [9.17, 15) is 14.9 Å². The average Bonchev–Trinajstić information content (AvgIpc) is 2.41. The van der Waals surface area contributed by atoms with E-state index < -0.39 is 4.92 Å². The summed E-state index contributed by atoms with van der Waals surface area (Å²) in [6.45, 7) is 0. The molecule has 0 aliphatic heterocycles. The lowest BCUT2D eigenvalue weighted by Gasteiger charge is -2.05. The molecule has 0 amide bonds. The highest BCUT2D eigenvalue weighted by molar-refractivity contribution is 6.32. The number of carbonyl (C=O) groups excluding carboxylic acids is 1. The number of halogens is 2. The van der Waals surface area contributed by atoms with E-state index in [1.54, 1.807) is 24.3 Å². The van der Waals surface area contributed by atoms with E-state index in [4.69, 9.17) is 23.2 Å². The van der Waals surface area contributed by atoms with Crippen molar-refractivity contribution in [1.82, 2.24) is 0 Å². The fourth-order valence-corrected chi connectivity index (χ4v) is 2.17. The van der Waals surface area contributed by atoms with Gasteiger partial charge in [-0.2, -0.15) is 0 Å². The highest BCUT2D eigenvalue weighted by atomic mass is 35.5. The molecule has 2 aromatic rings. The SMILES string of the molecule is O=C(Cc1ccccc1Cl)c1ccc(Cl)cc1[N+](=O)[O-]. The molecule has 2 aromatic carbocycles. The fourth-order valence-electron chi connectivity index (χ4n) is 1.80. The van der Waals surface area contributed by atoms with Crippen molar-refractivity contribution in [1.29, 1.82) is 0 Å². The number of nitro groups is 1. The summed E-state index contributed by atoms with van der Waals surface area (Å²) >= 11 is 11.7. The number of hydrogen-bond donors (Lipinski definition) is 0. The topological polar surface area (TPSA) is 60.2 Å². The van der Waals surface area contributed by atoms with E-state index >= 15 is 0 Å². The molecular weight excluding hydrogens is 301 g/mol. The smallest absolute Gasteiger partial charge is 0.281 e. The lowest BCUT2D eigenvalue weighted by Crippen LogP contribution is -2.07. The summed E-state index contributed by atoms with van der Waals surface area (Å²) < 4.78 is 0. The minimum atomic E-state index is -0.619. The molecule has 0 radical (unpaired) electrons. The summed E-state index contributed by atoms with van der Waals surface area (Å²) in [5, 5.41) is 11.6. The van der Waals surface area contributed by atoms with Gasteiger partial charge in [0.1, 0.15) is 0 Å². The highest BCUT2D eigenvalue weighted by Crippen LogP contribution is 2.25. The van der Waals surface area contributed by atoms with Crippen molar-refractivity contribution in [3.8, 4) is 0 Å². The van der Waals surface area contributed by atoms with Crippen molar-refractivity contribution in [3.05, 3.63) is 73.8 Å². The Balaban J connectivity index is 2.35. The van der Waals surface area contributed by atoms with Crippen LogP contribution in [0.2, 0.25) is 10.0 Å². The number of nitro benzene ring substituents is 1. The van der Waals surface area contributed by atoms with Gasteiger partial charge in [0.25, 0.3) is 5.69 Å². The summed E-state index contributed by atoms with van der Waals surface area (Å²) in [7, 11) is 0. The number of benzene rings is 2. The Morgan fingerprint density at radius 3 is 2.50 bits per heavy atom. The monoisotopic (exact) mass is 309 g/mol. The third kappa shape index (κ3) is 3.15. The Morgan fingerprint density at radius 1 is 1.15 bits per heavy atom. The highest BCUT2D eigenvalue weighted by Gasteiger charge is 2.21. The van der Waals surface area contributed by atoms with Crippen LogP contribution in [-0.4, -0.2) is 10.7 Å². The van der Waals surface area contributed by atoms with Gasteiger partial charge in [-0.05, 0) is 23.8 Å². The minimum absolute atomic E-state index is 0.00213. The molecule has 0 fully saturated rings. The first-order valence-corrected chi connectivity index (χ1v) is 6.45. The second-order valence-electron chi connectivity index (χ2n) is 4.11. The predicted molar refractivity (Wildman–Crippen MR) is 77.6 cm³/mol. The zero-order valence-corrected chi connectivity index (χ0v) is 11.7.